The maximum absolute atomic E-state index is 12.6. The highest BCUT2D eigenvalue weighted by Gasteiger charge is 2.25. The quantitative estimate of drug-likeness (QED) is 0.102. The standard InChI is InChI=1S/C25H22ClN3O.C24H21ClN4O.C2HF3O/c1-2-17-3-5-18(6-4-17)15-29-25(30)20-9-10-27-23(14-20)12-19-7-8-24-21(11-19)13-22(26)16-28-24;25-21-11-20-9-18(5-6-23(20)28-15-21)10-22-12-19(7-8-27-22)24(30)29-14-17-3-1-16(13-26)2-4-17;3-2(4,5)1-6/h3-11,13-14,16H,2,12,15H2,1H3,(H,29,30);1-9,11-12,15H,10,13-14,26H2,(H,29,30);1H. The minimum absolute atomic E-state index is 0.104. The molecule has 0 aliphatic heterocycles. The topological polar surface area (TPSA) is 153 Å². The van der Waals surface area contributed by atoms with Crippen LogP contribution >= 0.6 is 23.2 Å². The van der Waals surface area contributed by atoms with E-state index in [9.17, 15) is 22.8 Å². The number of nitrogens with zero attached hydrogens (tertiary/aromatic N) is 4. The van der Waals surface area contributed by atoms with Gasteiger partial charge in [-0.25, -0.2) is 0 Å². The van der Waals surface area contributed by atoms with Gasteiger partial charge in [0, 0.05) is 90.6 Å². The summed E-state index contributed by atoms with van der Waals surface area (Å²) in [5.74, 6) is -0.233. The van der Waals surface area contributed by atoms with Gasteiger partial charge in [-0.2, -0.15) is 13.2 Å². The molecule has 0 spiro atoms. The Morgan fingerprint density at radius 2 is 0.970 bits per heavy atom. The van der Waals surface area contributed by atoms with Crippen LogP contribution in [0.5, 0.6) is 0 Å². The highest BCUT2D eigenvalue weighted by molar-refractivity contribution is 6.31. The molecular weight excluding hydrogens is 887 g/mol. The number of nitrogens with two attached hydrogens (primary N) is 1. The second-order valence-corrected chi connectivity index (χ2v) is 15.9. The highest BCUT2D eigenvalue weighted by Crippen LogP contribution is 2.22. The molecule has 4 aromatic heterocycles. The molecule has 336 valence electrons. The van der Waals surface area contributed by atoms with Gasteiger partial charge in [0.05, 0.1) is 21.1 Å². The number of aromatic nitrogens is 4. The van der Waals surface area contributed by atoms with Gasteiger partial charge in [-0.1, -0.05) is 90.8 Å². The van der Waals surface area contributed by atoms with E-state index in [-0.39, 0.29) is 11.8 Å². The fraction of sp³-hybridized carbons (Fsp3) is 0.157. The summed E-state index contributed by atoms with van der Waals surface area (Å²) in [6, 6.07) is 39.2. The average molecular weight is 931 g/mol. The molecule has 0 unspecified atom stereocenters. The van der Waals surface area contributed by atoms with Gasteiger partial charge in [0.15, 0.2) is 0 Å². The number of hydrogen-bond acceptors (Lipinski definition) is 8. The molecule has 4 N–H and O–H groups in total. The van der Waals surface area contributed by atoms with Crippen LogP contribution in [0.2, 0.25) is 10.0 Å². The molecule has 4 heterocycles. The predicted molar refractivity (Wildman–Crippen MR) is 252 cm³/mol. The van der Waals surface area contributed by atoms with Gasteiger partial charge in [-0.05, 0) is 100 Å². The maximum Gasteiger partial charge on any atom is 0.446 e. The van der Waals surface area contributed by atoms with Crippen LogP contribution < -0.4 is 16.4 Å². The summed E-state index contributed by atoms with van der Waals surface area (Å²) in [7, 11) is 0. The zero-order valence-corrected chi connectivity index (χ0v) is 37.2. The summed E-state index contributed by atoms with van der Waals surface area (Å²) in [6.45, 7) is 3.59. The minimum Gasteiger partial charge on any atom is -0.348 e. The first kappa shape index (κ1) is 48.4. The number of nitrogens with one attached hydrogen (secondary N) is 2. The lowest BCUT2D eigenvalue weighted by Gasteiger charge is -2.08. The second-order valence-electron chi connectivity index (χ2n) is 15.0. The Kier molecular flexibility index (Phi) is 17.0. The Balaban J connectivity index is 0.000000194. The van der Waals surface area contributed by atoms with Crippen molar-refractivity contribution in [2.45, 2.75) is 52.0 Å². The normalized spacial score (nSPS) is 10.9. The smallest absolute Gasteiger partial charge is 0.348 e. The lowest BCUT2D eigenvalue weighted by atomic mass is 10.0. The summed E-state index contributed by atoms with van der Waals surface area (Å²) in [6.07, 6.45) is 3.18. The summed E-state index contributed by atoms with van der Waals surface area (Å²) in [4.78, 5) is 51.4. The monoisotopic (exact) mass is 929 g/mol. The van der Waals surface area contributed by atoms with Crippen molar-refractivity contribution in [3.63, 3.8) is 0 Å². The minimum atomic E-state index is -4.64. The van der Waals surface area contributed by atoms with Crippen molar-refractivity contribution in [3.8, 4) is 0 Å². The van der Waals surface area contributed by atoms with Crippen molar-refractivity contribution in [2.75, 3.05) is 0 Å². The molecule has 0 radical (unpaired) electrons. The number of alkyl halides is 3. The van der Waals surface area contributed by atoms with E-state index in [0.717, 1.165) is 67.4 Å². The second kappa shape index (κ2) is 23.2. The van der Waals surface area contributed by atoms with E-state index in [1.54, 1.807) is 36.9 Å². The van der Waals surface area contributed by atoms with Crippen LogP contribution in [0.4, 0.5) is 13.2 Å². The van der Waals surface area contributed by atoms with E-state index in [0.29, 0.717) is 53.6 Å². The molecule has 8 aromatic rings. The Hall–Kier alpha value is -7.06. The van der Waals surface area contributed by atoms with Gasteiger partial charge in [0.2, 0.25) is 6.29 Å². The third-order valence-electron chi connectivity index (χ3n) is 10.1. The van der Waals surface area contributed by atoms with Crippen LogP contribution in [0.1, 0.15) is 72.4 Å². The van der Waals surface area contributed by atoms with Gasteiger partial charge in [0.25, 0.3) is 11.8 Å². The average Bonchev–Trinajstić information content (AvgIpc) is 3.33. The van der Waals surface area contributed by atoms with Crippen molar-refractivity contribution in [3.05, 3.63) is 212 Å². The number of hydrogen-bond donors (Lipinski definition) is 3. The third-order valence-corrected chi connectivity index (χ3v) is 10.5. The molecule has 10 nitrogen and oxygen atoms in total. The molecule has 0 saturated heterocycles. The first-order chi connectivity index (χ1) is 31.8. The number of rotatable bonds is 12. The van der Waals surface area contributed by atoms with Crippen molar-refractivity contribution in [1.29, 1.82) is 0 Å². The molecule has 2 amide bonds. The number of halogens is 5. The largest absolute Gasteiger partial charge is 0.446 e. The number of benzene rings is 4. The van der Waals surface area contributed by atoms with Gasteiger partial charge in [-0.15, -0.1) is 0 Å². The van der Waals surface area contributed by atoms with E-state index in [4.69, 9.17) is 33.7 Å². The van der Waals surface area contributed by atoms with Crippen molar-refractivity contribution in [1.82, 2.24) is 30.6 Å². The molecule has 0 atom stereocenters. The third kappa shape index (κ3) is 14.7. The van der Waals surface area contributed by atoms with E-state index in [1.165, 1.54) is 5.56 Å². The zero-order valence-electron chi connectivity index (χ0n) is 35.7. The predicted octanol–water partition coefficient (Wildman–Crippen LogP) is 10.4. The summed E-state index contributed by atoms with van der Waals surface area (Å²) < 4.78 is 31.2. The molecule has 8 rings (SSSR count). The lowest BCUT2D eigenvalue weighted by molar-refractivity contribution is -0.156. The van der Waals surface area contributed by atoms with Crippen LogP contribution in [0.25, 0.3) is 21.8 Å². The van der Waals surface area contributed by atoms with Crippen molar-refractivity contribution >= 4 is 63.1 Å². The molecule has 0 aliphatic carbocycles. The summed E-state index contributed by atoms with van der Waals surface area (Å²) in [5, 5.41) is 9.13. The fourth-order valence-electron chi connectivity index (χ4n) is 6.63. The fourth-order valence-corrected chi connectivity index (χ4v) is 6.97. The Bertz CT molecular complexity index is 2740. The molecule has 15 heteroatoms. The zero-order chi connectivity index (χ0) is 47.1. The van der Waals surface area contributed by atoms with Gasteiger partial charge >= 0.3 is 6.18 Å². The molecule has 0 fully saturated rings. The summed E-state index contributed by atoms with van der Waals surface area (Å²) >= 11 is 12.1. The van der Waals surface area contributed by atoms with Crippen LogP contribution in [0, 0.1) is 0 Å². The van der Waals surface area contributed by atoms with Gasteiger partial charge < -0.3 is 16.4 Å². The number of pyridine rings is 4. The van der Waals surface area contributed by atoms with Gasteiger partial charge in [-0.3, -0.25) is 34.3 Å². The number of aldehydes is 1. The van der Waals surface area contributed by atoms with Crippen molar-refractivity contribution in [2.24, 2.45) is 5.73 Å². The number of carbonyl (C=O) groups is 3. The summed E-state index contributed by atoms with van der Waals surface area (Å²) in [5.41, 5.74) is 16.9. The molecule has 4 aromatic carbocycles. The highest BCUT2D eigenvalue weighted by atomic mass is 35.5. The Labute approximate surface area is 389 Å². The first-order valence-corrected chi connectivity index (χ1v) is 21.5. The lowest BCUT2D eigenvalue weighted by Crippen LogP contribution is -2.23. The van der Waals surface area contributed by atoms with Crippen LogP contribution in [0.3, 0.4) is 0 Å². The molecule has 0 bridgehead atoms. The molecule has 66 heavy (non-hydrogen) atoms. The van der Waals surface area contributed by atoms with Gasteiger partial charge in [0.1, 0.15) is 0 Å². The maximum atomic E-state index is 12.6. The van der Waals surface area contributed by atoms with E-state index < -0.39 is 12.5 Å². The number of aryl methyl sites for hydroxylation is 1. The first-order valence-electron chi connectivity index (χ1n) is 20.7. The van der Waals surface area contributed by atoms with Crippen LogP contribution in [0.15, 0.2) is 146 Å². The SMILES string of the molecule is CCc1ccc(CNC(=O)c2ccnc(Cc3ccc4ncc(Cl)cc4c3)c2)cc1.NCc1ccc(CNC(=O)c2ccnc(Cc3ccc4ncc(Cl)cc4c3)c2)cc1.O=CC(F)(F)F. The molecule has 0 aliphatic rings. The molecule has 0 saturated carbocycles. The Morgan fingerprint density at radius 3 is 1.36 bits per heavy atom. The molecular formula is C51H44Cl2F3N7O3. The number of fused-ring (bicyclic) bond motifs is 2. The van der Waals surface area contributed by atoms with Crippen LogP contribution in [-0.2, 0) is 43.7 Å². The van der Waals surface area contributed by atoms with Crippen LogP contribution in [-0.4, -0.2) is 44.2 Å². The number of amides is 2. The van der Waals surface area contributed by atoms with E-state index >= 15 is 0 Å². The van der Waals surface area contributed by atoms with E-state index in [2.05, 4.69) is 67.8 Å². The van der Waals surface area contributed by atoms with E-state index in [1.807, 2.05) is 78.9 Å². The number of carbonyl (C=O) groups excluding carboxylic acids is 3. The van der Waals surface area contributed by atoms with Crippen molar-refractivity contribution < 1.29 is 27.6 Å². The Morgan fingerprint density at radius 1 is 0.576 bits per heavy atom.